The molecule has 4 heteroatoms. The Morgan fingerprint density at radius 3 is 3.00 bits per heavy atom. The predicted octanol–water partition coefficient (Wildman–Crippen LogP) is 3.04. The number of rotatable bonds is 3. The summed E-state index contributed by atoms with van der Waals surface area (Å²) < 4.78 is 18.4. The summed E-state index contributed by atoms with van der Waals surface area (Å²) in [5, 5.41) is 0.229. The van der Waals surface area contributed by atoms with E-state index < -0.39 is 0 Å². The average Bonchev–Trinajstić information content (AvgIpc) is 2.29. The van der Waals surface area contributed by atoms with Crippen molar-refractivity contribution in [1.82, 2.24) is 4.90 Å². The van der Waals surface area contributed by atoms with Gasteiger partial charge in [0.05, 0.1) is 7.11 Å². The highest BCUT2D eigenvalue weighted by Gasteiger charge is 2.18. The SMILES string of the molecule is COc1ccc(CN2CCCC(Cl)C2)cc1F. The lowest BCUT2D eigenvalue weighted by molar-refractivity contribution is 0.223. The summed E-state index contributed by atoms with van der Waals surface area (Å²) in [6.07, 6.45) is 2.20. The highest BCUT2D eigenvalue weighted by atomic mass is 35.5. The van der Waals surface area contributed by atoms with E-state index >= 15 is 0 Å². The summed E-state index contributed by atoms with van der Waals surface area (Å²) in [5.74, 6) is -0.00736. The highest BCUT2D eigenvalue weighted by Crippen LogP contribution is 2.21. The second kappa shape index (κ2) is 5.69. The molecule has 1 aliphatic rings. The molecule has 94 valence electrons. The fraction of sp³-hybridized carbons (Fsp3) is 0.538. The topological polar surface area (TPSA) is 12.5 Å². The van der Waals surface area contributed by atoms with E-state index in [9.17, 15) is 4.39 Å². The molecule has 0 aromatic heterocycles. The molecule has 0 aliphatic carbocycles. The molecule has 1 saturated heterocycles. The maximum atomic E-state index is 13.5. The molecule has 0 spiro atoms. The molecule has 0 bridgehead atoms. The van der Waals surface area contributed by atoms with Crippen molar-refractivity contribution in [3.8, 4) is 5.75 Å². The average molecular weight is 258 g/mol. The van der Waals surface area contributed by atoms with Gasteiger partial charge in [0.1, 0.15) is 0 Å². The molecular weight excluding hydrogens is 241 g/mol. The second-order valence-electron chi connectivity index (χ2n) is 4.44. The number of benzene rings is 1. The predicted molar refractivity (Wildman–Crippen MR) is 67.1 cm³/mol. The highest BCUT2D eigenvalue weighted by molar-refractivity contribution is 6.20. The third kappa shape index (κ3) is 3.33. The molecular formula is C13H17ClFNO. The summed E-state index contributed by atoms with van der Waals surface area (Å²) in [5.41, 5.74) is 0.967. The van der Waals surface area contributed by atoms with E-state index in [1.54, 1.807) is 6.07 Å². The number of piperidine rings is 1. The number of likely N-dealkylation sites (tertiary alicyclic amines) is 1. The van der Waals surface area contributed by atoms with Gasteiger partial charge in [0.15, 0.2) is 11.6 Å². The monoisotopic (exact) mass is 257 g/mol. The van der Waals surface area contributed by atoms with E-state index in [4.69, 9.17) is 16.3 Å². The summed E-state index contributed by atoms with van der Waals surface area (Å²) in [6.45, 7) is 2.68. The van der Waals surface area contributed by atoms with E-state index in [1.165, 1.54) is 13.2 Å². The van der Waals surface area contributed by atoms with Gasteiger partial charge in [-0.2, -0.15) is 0 Å². The largest absolute Gasteiger partial charge is 0.494 e. The van der Waals surface area contributed by atoms with E-state index in [1.807, 2.05) is 6.07 Å². The maximum Gasteiger partial charge on any atom is 0.165 e. The van der Waals surface area contributed by atoms with Crippen LogP contribution in [0.2, 0.25) is 0 Å². The Bertz CT molecular complexity index is 386. The fourth-order valence-electron chi connectivity index (χ4n) is 2.21. The van der Waals surface area contributed by atoms with E-state index in [0.717, 1.165) is 38.0 Å². The van der Waals surface area contributed by atoms with Crippen LogP contribution in [0.25, 0.3) is 0 Å². The summed E-state index contributed by atoms with van der Waals surface area (Å²) >= 11 is 6.12. The molecule has 1 fully saturated rings. The van der Waals surface area contributed by atoms with Crippen molar-refractivity contribution in [3.05, 3.63) is 29.6 Å². The molecule has 0 N–H and O–H groups in total. The molecule has 2 rings (SSSR count). The number of methoxy groups -OCH3 is 1. The molecule has 0 amide bonds. The maximum absolute atomic E-state index is 13.5. The van der Waals surface area contributed by atoms with Gasteiger partial charge in [-0.1, -0.05) is 6.07 Å². The standard InChI is InChI=1S/C13H17ClFNO/c1-17-13-5-4-10(7-12(13)15)8-16-6-2-3-11(14)9-16/h4-5,7,11H,2-3,6,8-9H2,1H3. The minimum Gasteiger partial charge on any atom is -0.494 e. The molecule has 0 radical (unpaired) electrons. The van der Waals surface area contributed by atoms with E-state index in [2.05, 4.69) is 4.90 Å². The van der Waals surface area contributed by atoms with Crippen molar-refractivity contribution < 1.29 is 9.13 Å². The number of ether oxygens (including phenoxy) is 1. The van der Waals surface area contributed by atoms with E-state index in [0.29, 0.717) is 5.75 Å². The second-order valence-corrected chi connectivity index (χ2v) is 5.06. The molecule has 17 heavy (non-hydrogen) atoms. The van der Waals surface area contributed by atoms with Gasteiger partial charge in [-0.25, -0.2) is 4.39 Å². The van der Waals surface area contributed by atoms with Crippen molar-refractivity contribution in [1.29, 1.82) is 0 Å². The third-order valence-corrected chi connectivity index (χ3v) is 3.43. The fourth-order valence-corrected chi connectivity index (χ4v) is 2.56. The Hall–Kier alpha value is -0.800. The molecule has 1 atom stereocenters. The summed E-state index contributed by atoms with van der Waals surface area (Å²) in [6, 6.07) is 5.11. The lowest BCUT2D eigenvalue weighted by Gasteiger charge is -2.29. The summed E-state index contributed by atoms with van der Waals surface area (Å²) in [7, 11) is 1.47. The smallest absolute Gasteiger partial charge is 0.165 e. The molecule has 1 heterocycles. The Balaban J connectivity index is 2.00. The normalized spacial score (nSPS) is 21.5. The zero-order valence-corrected chi connectivity index (χ0v) is 10.7. The van der Waals surface area contributed by atoms with Crippen molar-refractivity contribution in [2.75, 3.05) is 20.2 Å². The van der Waals surface area contributed by atoms with Crippen LogP contribution >= 0.6 is 11.6 Å². The number of alkyl halides is 1. The van der Waals surface area contributed by atoms with Crippen LogP contribution in [-0.2, 0) is 6.54 Å². The lowest BCUT2D eigenvalue weighted by atomic mass is 10.1. The Labute approximate surface area is 106 Å². The minimum absolute atomic E-state index is 0.229. The van der Waals surface area contributed by atoms with Crippen LogP contribution in [0, 0.1) is 5.82 Å². The molecule has 1 aromatic carbocycles. The van der Waals surface area contributed by atoms with E-state index in [-0.39, 0.29) is 11.2 Å². The van der Waals surface area contributed by atoms with Gasteiger partial charge in [0, 0.05) is 18.5 Å². The number of halogens is 2. The first-order valence-corrected chi connectivity index (χ1v) is 6.31. The molecule has 1 unspecified atom stereocenters. The van der Waals surface area contributed by atoms with Gasteiger partial charge < -0.3 is 4.74 Å². The lowest BCUT2D eigenvalue weighted by Crippen LogP contribution is -2.35. The van der Waals surface area contributed by atoms with Crippen molar-refractivity contribution in [3.63, 3.8) is 0 Å². The Kier molecular flexibility index (Phi) is 4.24. The third-order valence-electron chi connectivity index (χ3n) is 3.07. The van der Waals surface area contributed by atoms with Crippen LogP contribution in [-0.4, -0.2) is 30.5 Å². The Morgan fingerprint density at radius 1 is 1.53 bits per heavy atom. The van der Waals surface area contributed by atoms with Crippen LogP contribution in [0.15, 0.2) is 18.2 Å². The molecule has 1 aliphatic heterocycles. The number of hydrogen-bond donors (Lipinski definition) is 0. The van der Waals surface area contributed by atoms with Crippen molar-refractivity contribution in [2.45, 2.75) is 24.8 Å². The van der Waals surface area contributed by atoms with Crippen molar-refractivity contribution >= 4 is 11.6 Å². The van der Waals surface area contributed by atoms with Crippen molar-refractivity contribution in [2.24, 2.45) is 0 Å². The van der Waals surface area contributed by atoms with Gasteiger partial charge >= 0.3 is 0 Å². The number of hydrogen-bond acceptors (Lipinski definition) is 2. The van der Waals surface area contributed by atoms with Crippen LogP contribution in [0.5, 0.6) is 5.75 Å². The van der Waals surface area contributed by atoms with Gasteiger partial charge in [0.25, 0.3) is 0 Å². The van der Waals surface area contributed by atoms with Crippen LogP contribution in [0.1, 0.15) is 18.4 Å². The number of nitrogens with zero attached hydrogens (tertiary/aromatic N) is 1. The quantitative estimate of drug-likeness (QED) is 0.772. The first-order valence-electron chi connectivity index (χ1n) is 5.88. The van der Waals surface area contributed by atoms with Crippen LogP contribution < -0.4 is 4.74 Å². The molecule has 0 saturated carbocycles. The van der Waals surface area contributed by atoms with Gasteiger partial charge in [-0.3, -0.25) is 4.90 Å². The van der Waals surface area contributed by atoms with Crippen LogP contribution in [0.4, 0.5) is 4.39 Å². The zero-order valence-electron chi connectivity index (χ0n) is 9.96. The Morgan fingerprint density at radius 2 is 2.35 bits per heavy atom. The first-order chi connectivity index (χ1) is 8.19. The molecule has 1 aromatic rings. The van der Waals surface area contributed by atoms with Crippen LogP contribution in [0.3, 0.4) is 0 Å². The first kappa shape index (κ1) is 12.7. The minimum atomic E-state index is -0.301. The summed E-state index contributed by atoms with van der Waals surface area (Å²) in [4.78, 5) is 2.27. The zero-order chi connectivity index (χ0) is 12.3. The van der Waals surface area contributed by atoms with Gasteiger partial charge in [-0.05, 0) is 37.1 Å². The van der Waals surface area contributed by atoms with Gasteiger partial charge in [-0.15, -0.1) is 11.6 Å². The van der Waals surface area contributed by atoms with Gasteiger partial charge in [0.2, 0.25) is 0 Å². The molecule has 2 nitrogen and oxygen atoms in total.